The maximum Gasteiger partial charge on any atom is 0.155 e. The van der Waals surface area contributed by atoms with E-state index in [2.05, 4.69) is 13.0 Å². The van der Waals surface area contributed by atoms with Gasteiger partial charge in [0.15, 0.2) is 11.6 Å². The smallest absolute Gasteiger partial charge is 0.155 e. The minimum Gasteiger partial charge on any atom is -0.295 e. The summed E-state index contributed by atoms with van der Waals surface area (Å²) < 4.78 is 0. The highest BCUT2D eigenvalue weighted by Crippen LogP contribution is 2.48. The molecule has 3 aliphatic carbocycles. The van der Waals surface area contributed by atoms with Crippen LogP contribution in [0, 0.1) is 23.7 Å². The second kappa shape index (κ2) is 5.67. The summed E-state index contributed by atoms with van der Waals surface area (Å²) in [6, 6.07) is 0. The van der Waals surface area contributed by atoms with Crippen molar-refractivity contribution in [2.75, 3.05) is 0 Å². The van der Waals surface area contributed by atoms with Gasteiger partial charge in [0.05, 0.1) is 0 Å². The van der Waals surface area contributed by atoms with Crippen molar-refractivity contribution < 1.29 is 9.59 Å². The molecular formula is C18H24O2. The fraction of sp³-hybridized carbons (Fsp3) is 0.667. The Bertz CT molecular complexity index is 472. The molecule has 4 atom stereocenters. The van der Waals surface area contributed by atoms with E-state index in [1.807, 2.05) is 6.08 Å². The topological polar surface area (TPSA) is 34.1 Å². The molecular weight excluding hydrogens is 248 g/mol. The van der Waals surface area contributed by atoms with Crippen molar-refractivity contribution in [2.24, 2.45) is 23.7 Å². The molecule has 0 bridgehead atoms. The SMILES string of the molecule is CC[C@H]1[C@H]([C@H]2C=CC(=O)CC2)CCC2=CC(=O)CC[C@H]21. The number of hydrogen-bond acceptors (Lipinski definition) is 2. The number of ketones is 2. The number of allylic oxidation sites excluding steroid dienone is 4. The number of fused-ring (bicyclic) bond motifs is 1. The van der Waals surface area contributed by atoms with Crippen LogP contribution in [-0.4, -0.2) is 11.6 Å². The van der Waals surface area contributed by atoms with Gasteiger partial charge in [0, 0.05) is 12.8 Å². The zero-order chi connectivity index (χ0) is 14.1. The zero-order valence-corrected chi connectivity index (χ0v) is 12.3. The Morgan fingerprint density at radius 1 is 1.05 bits per heavy atom. The normalized spacial score (nSPS) is 37.5. The van der Waals surface area contributed by atoms with Crippen molar-refractivity contribution in [1.29, 1.82) is 0 Å². The molecule has 108 valence electrons. The molecule has 0 aliphatic heterocycles. The predicted molar refractivity (Wildman–Crippen MR) is 79.2 cm³/mol. The lowest BCUT2D eigenvalue weighted by Gasteiger charge is -2.44. The fourth-order valence-corrected chi connectivity index (χ4v) is 4.66. The molecule has 2 nitrogen and oxygen atoms in total. The van der Waals surface area contributed by atoms with Crippen molar-refractivity contribution in [3.8, 4) is 0 Å². The number of carbonyl (C=O) groups excluding carboxylic acids is 2. The molecule has 0 saturated heterocycles. The molecule has 1 fully saturated rings. The minimum absolute atomic E-state index is 0.286. The maximum absolute atomic E-state index is 11.6. The van der Waals surface area contributed by atoms with E-state index in [4.69, 9.17) is 0 Å². The van der Waals surface area contributed by atoms with Gasteiger partial charge in [-0.15, -0.1) is 0 Å². The maximum atomic E-state index is 11.6. The zero-order valence-electron chi connectivity index (χ0n) is 12.3. The summed E-state index contributed by atoms with van der Waals surface area (Å²) in [7, 11) is 0. The summed E-state index contributed by atoms with van der Waals surface area (Å²) in [5.41, 5.74) is 1.42. The van der Waals surface area contributed by atoms with Crippen LogP contribution in [0.5, 0.6) is 0 Å². The molecule has 0 amide bonds. The molecule has 2 heteroatoms. The Kier molecular flexibility index (Phi) is 3.91. The summed E-state index contributed by atoms with van der Waals surface area (Å²) in [5.74, 6) is 3.23. The second-order valence-electron chi connectivity index (χ2n) is 6.63. The Labute approximate surface area is 121 Å². The van der Waals surface area contributed by atoms with E-state index in [9.17, 15) is 9.59 Å². The van der Waals surface area contributed by atoms with Crippen LogP contribution in [0.4, 0.5) is 0 Å². The summed E-state index contributed by atoms with van der Waals surface area (Å²) in [4.78, 5) is 23.0. The molecule has 0 N–H and O–H groups in total. The summed E-state index contributed by atoms with van der Waals surface area (Å²) in [6.45, 7) is 2.29. The van der Waals surface area contributed by atoms with Crippen molar-refractivity contribution in [2.45, 2.75) is 51.9 Å². The van der Waals surface area contributed by atoms with Crippen LogP contribution >= 0.6 is 0 Å². The van der Waals surface area contributed by atoms with Gasteiger partial charge in [-0.25, -0.2) is 0 Å². The van der Waals surface area contributed by atoms with E-state index in [-0.39, 0.29) is 5.78 Å². The standard InChI is InChI=1S/C18H24O2/c1-2-16-17(12-3-6-14(19)7-4-12)9-5-13-11-15(20)8-10-18(13)16/h3,6,11-12,16-18H,2,4-5,7-10H2,1H3/t12-,16-,17-,18+/m0/s1. The first-order valence-electron chi connectivity index (χ1n) is 8.13. The molecule has 0 aromatic heterocycles. The van der Waals surface area contributed by atoms with Crippen molar-refractivity contribution in [1.82, 2.24) is 0 Å². The van der Waals surface area contributed by atoms with Gasteiger partial charge in [0.1, 0.15) is 0 Å². The van der Waals surface area contributed by atoms with Gasteiger partial charge in [-0.3, -0.25) is 9.59 Å². The highest BCUT2D eigenvalue weighted by molar-refractivity contribution is 5.91. The molecule has 3 aliphatic rings. The first-order chi connectivity index (χ1) is 9.69. The first-order valence-corrected chi connectivity index (χ1v) is 8.13. The largest absolute Gasteiger partial charge is 0.295 e. The molecule has 0 aromatic carbocycles. The van der Waals surface area contributed by atoms with Crippen molar-refractivity contribution >= 4 is 11.6 Å². The number of carbonyl (C=O) groups is 2. The third-order valence-electron chi connectivity index (χ3n) is 5.63. The van der Waals surface area contributed by atoms with Crippen molar-refractivity contribution in [3.05, 3.63) is 23.8 Å². The molecule has 1 saturated carbocycles. The van der Waals surface area contributed by atoms with Crippen LogP contribution in [0.3, 0.4) is 0 Å². The van der Waals surface area contributed by atoms with Gasteiger partial charge in [0.25, 0.3) is 0 Å². The van der Waals surface area contributed by atoms with E-state index >= 15 is 0 Å². The van der Waals surface area contributed by atoms with Gasteiger partial charge in [-0.2, -0.15) is 0 Å². The van der Waals surface area contributed by atoms with Crippen LogP contribution < -0.4 is 0 Å². The Balaban J connectivity index is 1.80. The third kappa shape index (κ3) is 2.53. The molecule has 0 unspecified atom stereocenters. The Morgan fingerprint density at radius 3 is 2.55 bits per heavy atom. The highest BCUT2D eigenvalue weighted by Gasteiger charge is 2.40. The minimum atomic E-state index is 0.286. The van der Waals surface area contributed by atoms with Crippen molar-refractivity contribution in [3.63, 3.8) is 0 Å². The van der Waals surface area contributed by atoms with Gasteiger partial charge in [-0.1, -0.05) is 25.0 Å². The molecule has 3 rings (SSSR count). The third-order valence-corrected chi connectivity index (χ3v) is 5.63. The van der Waals surface area contributed by atoms with E-state index in [1.165, 1.54) is 18.4 Å². The second-order valence-corrected chi connectivity index (χ2v) is 6.63. The summed E-state index contributed by atoms with van der Waals surface area (Å²) in [5, 5.41) is 0. The van der Waals surface area contributed by atoms with Gasteiger partial charge < -0.3 is 0 Å². The first kappa shape index (κ1) is 13.8. The van der Waals surface area contributed by atoms with Gasteiger partial charge in [-0.05, 0) is 61.5 Å². The summed E-state index contributed by atoms with van der Waals surface area (Å²) in [6.07, 6.45) is 12.9. The van der Waals surface area contributed by atoms with Crippen LogP contribution in [0.25, 0.3) is 0 Å². The molecule has 0 heterocycles. The Hall–Kier alpha value is -1.18. The molecule has 0 aromatic rings. The predicted octanol–water partition coefficient (Wildman–Crippen LogP) is 3.86. The molecule has 0 spiro atoms. The Morgan fingerprint density at radius 2 is 1.85 bits per heavy atom. The molecule has 0 radical (unpaired) electrons. The summed E-state index contributed by atoms with van der Waals surface area (Å²) >= 11 is 0. The molecule has 20 heavy (non-hydrogen) atoms. The van der Waals surface area contributed by atoms with E-state index in [0.717, 1.165) is 32.1 Å². The van der Waals surface area contributed by atoms with Crippen LogP contribution in [0.1, 0.15) is 51.9 Å². The van der Waals surface area contributed by atoms with Crippen LogP contribution in [0.2, 0.25) is 0 Å². The van der Waals surface area contributed by atoms with E-state index < -0.39 is 0 Å². The number of rotatable bonds is 2. The lowest BCUT2D eigenvalue weighted by atomic mass is 9.60. The average Bonchev–Trinajstić information content (AvgIpc) is 2.46. The average molecular weight is 272 g/mol. The van der Waals surface area contributed by atoms with Gasteiger partial charge in [0.2, 0.25) is 0 Å². The van der Waals surface area contributed by atoms with Crippen LogP contribution in [0.15, 0.2) is 23.8 Å². The van der Waals surface area contributed by atoms with Gasteiger partial charge >= 0.3 is 0 Å². The lowest BCUT2D eigenvalue weighted by Crippen LogP contribution is -2.36. The van der Waals surface area contributed by atoms with E-state index in [1.54, 1.807) is 6.08 Å². The fourth-order valence-electron chi connectivity index (χ4n) is 4.66. The quantitative estimate of drug-likeness (QED) is 0.765. The lowest BCUT2D eigenvalue weighted by molar-refractivity contribution is -0.116. The highest BCUT2D eigenvalue weighted by atomic mass is 16.1. The van der Waals surface area contributed by atoms with E-state index in [0.29, 0.717) is 29.5 Å². The van der Waals surface area contributed by atoms with Crippen LogP contribution in [-0.2, 0) is 9.59 Å². The number of hydrogen-bond donors (Lipinski definition) is 0. The monoisotopic (exact) mass is 272 g/mol.